The largest absolute Gasteiger partial charge is 0.382 e. The standard InChI is InChI=1S/C15H25N.C13H19N.C2H6/c1-6-10-12-14(8-3)15(9-4)16-13(5)11-7-2;1-12-7-9-14(10-8-12)11-13-5-3-2-4-6-13;1-2/h6,8,10-12,15-16H,3,7,9H2,1-2,4-5H3;2-6,12H,7-11H2,1H3;1-2H3/b10-6-,13-11-,14-12+;;. The third-order valence-corrected chi connectivity index (χ3v) is 5.56. The topological polar surface area (TPSA) is 15.3 Å². The summed E-state index contributed by atoms with van der Waals surface area (Å²) in [6.45, 7) is 22.4. The zero-order valence-corrected chi connectivity index (χ0v) is 22.0. The molecule has 1 saturated heterocycles. The summed E-state index contributed by atoms with van der Waals surface area (Å²) >= 11 is 0. The fraction of sp³-hybridized carbons (Fsp3) is 0.533. The van der Waals surface area contributed by atoms with Gasteiger partial charge in [0.2, 0.25) is 0 Å². The van der Waals surface area contributed by atoms with Crippen molar-refractivity contribution in [1.29, 1.82) is 0 Å². The second-order valence-electron chi connectivity index (χ2n) is 8.24. The van der Waals surface area contributed by atoms with Crippen LogP contribution >= 0.6 is 0 Å². The molecule has 1 fully saturated rings. The summed E-state index contributed by atoms with van der Waals surface area (Å²) in [6.07, 6.45) is 15.2. The minimum Gasteiger partial charge on any atom is -0.382 e. The molecule has 180 valence electrons. The fourth-order valence-corrected chi connectivity index (χ4v) is 3.66. The molecule has 0 aromatic heterocycles. The Labute approximate surface area is 200 Å². The molecular formula is C30H50N2. The molecule has 2 heteroatoms. The van der Waals surface area contributed by atoms with Crippen LogP contribution in [0, 0.1) is 5.92 Å². The first kappa shape index (κ1) is 29.9. The van der Waals surface area contributed by atoms with Gasteiger partial charge in [-0.1, -0.05) is 102 Å². The van der Waals surface area contributed by atoms with Crippen molar-refractivity contribution in [2.24, 2.45) is 5.92 Å². The van der Waals surface area contributed by atoms with Gasteiger partial charge in [-0.25, -0.2) is 0 Å². The smallest absolute Gasteiger partial charge is 0.0507 e. The first-order valence-corrected chi connectivity index (χ1v) is 12.7. The van der Waals surface area contributed by atoms with Gasteiger partial charge >= 0.3 is 0 Å². The molecule has 0 aliphatic carbocycles. The van der Waals surface area contributed by atoms with E-state index in [0.29, 0.717) is 6.04 Å². The molecule has 1 heterocycles. The van der Waals surface area contributed by atoms with Gasteiger partial charge in [0.15, 0.2) is 0 Å². The van der Waals surface area contributed by atoms with E-state index in [9.17, 15) is 0 Å². The van der Waals surface area contributed by atoms with Crippen LogP contribution < -0.4 is 5.32 Å². The van der Waals surface area contributed by atoms with Gasteiger partial charge in [0.05, 0.1) is 6.04 Å². The molecule has 1 N–H and O–H groups in total. The number of rotatable bonds is 9. The molecule has 1 aliphatic heterocycles. The van der Waals surface area contributed by atoms with E-state index < -0.39 is 0 Å². The lowest BCUT2D eigenvalue weighted by molar-refractivity contribution is 0.185. The van der Waals surface area contributed by atoms with E-state index in [0.717, 1.165) is 25.3 Å². The summed E-state index contributed by atoms with van der Waals surface area (Å²) in [6, 6.07) is 11.1. The second-order valence-corrected chi connectivity index (χ2v) is 8.24. The van der Waals surface area contributed by atoms with Crippen LogP contribution in [0.3, 0.4) is 0 Å². The lowest BCUT2D eigenvalue weighted by Gasteiger charge is -2.30. The molecule has 1 atom stereocenters. The average Bonchev–Trinajstić information content (AvgIpc) is 2.83. The van der Waals surface area contributed by atoms with E-state index in [1.807, 2.05) is 32.9 Å². The average molecular weight is 439 g/mol. The number of hydrogen-bond acceptors (Lipinski definition) is 2. The maximum absolute atomic E-state index is 3.87. The van der Waals surface area contributed by atoms with E-state index in [-0.39, 0.29) is 0 Å². The predicted octanol–water partition coefficient (Wildman–Crippen LogP) is 8.30. The monoisotopic (exact) mass is 438 g/mol. The highest BCUT2D eigenvalue weighted by Gasteiger charge is 2.15. The van der Waals surface area contributed by atoms with Crippen LogP contribution in [-0.2, 0) is 6.54 Å². The number of benzene rings is 1. The lowest BCUT2D eigenvalue weighted by Crippen LogP contribution is -2.32. The zero-order chi connectivity index (χ0) is 24.2. The second kappa shape index (κ2) is 19.6. The predicted molar refractivity (Wildman–Crippen MR) is 146 cm³/mol. The van der Waals surface area contributed by atoms with Crippen LogP contribution in [0.15, 0.2) is 78.6 Å². The summed E-state index contributed by atoms with van der Waals surface area (Å²) in [4.78, 5) is 2.56. The molecule has 2 rings (SSSR count). The van der Waals surface area contributed by atoms with E-state index >= 15 is 0 Å². The molecular weight excluding hydrogens is 388 g/mol. The Balaban J connectivity index is 0.000000559. The number of piperidine rings is 1. The number of likely N-dealkylation sites (tertiary alicyclic amines) is 1. The summed E-state index contributed by atoms with van der Waals surface area (Å²) in [7, 11) is 0. The van der Waals surface area contributed by atoms with E-state index in [1.54, 1.807) is 0 Å². The van der Waals surface area contributed by atoms with Crippen molar-refractivity contribution in [3.63, 3.8) is 0 Å². The van der Waals surface area contributed by atoms with Crippen molar-refractivity contribution >= 4 is 0 Å². The third kappa shape index (κ3) is 13.4. The highest BCUT2D eigenvalue weighted by molar-refractivity contribution is 5.28. The number of allylic oxidation sites excluding steroid dienone is 5. The van der Waals surface area contributed by atoms with Crippen molar-refractivity contribution < 1.29 is 0 Å². The van der Waals surface area contributed by atoms with Crippen molar-refractivity contribution in [1.82, 2.24) is 10.2 Å². The van der Waals surface area contributed by atoms with Crippen molar-refractivity contribution in [2.45, 2.75) is 86.7 Å². The molecule has 1 aromatic rings. The van der Waals surface area contributed by atoms with Crippen molar-refractivity contribution in [2.75, 3.05) is 13.1 Å². The van der Waals surface area contributed by atoms with Crippen LogP contribution in [0.25, 0.3) is 0 Å². The highest BCUT2D eigenvalue weighted by atomic mass is 15.1. The number of nitrogens with zero attached hydrogens (tertiary/aromatic N) is 1. The zero-order valence-electron chi connectivity index (χ0n) is 22.0. The molecule has 0 radical (unpaired) electrons. The van der Waals surface area contributed by atoms with Gasteiger partial charge in [-0.3, -0.25) is 4.90 Å². The SMILES string of the molecule is C=C/C(=C\C=C/C)C(CC)N/C(C)=C\CC.CC.CC1CCN(Cc2ccccc2)CC1. The third-order valence-electron chi connectivity index (χ3n) is 5.56. The molecule has 1 unspecified atom stereocenters. The Morgan fingerprint density at radius 2 is 1.78 bits per heavy atom. The van der Waals surface area contributed by atoms with Crippen LogP contribution in [0.4, 0.5) is 0 Å². The molecule has 2 nitrogen and oxygen atoms in total. The molecule has 0 saturated carbocycles. The fourth-order valence-electron chi connectivity index (χ4n) is 3.66. The highest BCUT2D eigenvalue weighted by Crippen LogP contribution is 2.17. The molecule has 1 aliphatic rings. The minimum atomic E-state index is 0.358. The van der Waals surface area contributed by atoms with Gasteiger partial charge in [0, 0.05) is 12.2 Å². The van der Waals surface area contributed by atoms with Crippen molar-refractivity contribution in [3.05, 3.63) is 84.1 Å². The first-order chi connectivity index (χ1) is 15.5. The van der Waals surface area contributed by atoms with Crippen LogP contribution in [0.1, 0.15) is 79.7 Å². The lowest BCUT2D eigenvalue weighted by atomic mass is 9.99. The summed E-state index contributed by atoms with van der Waals surface area (Å²) in [5.41, 5.74) is 3.93. The van der Waals surface area contributed by atoms with Gasteiger partial charge in [-0.15, -0.1) is 0 Å². The first-order valence-electron chi connectivity index (χ1n) is 12.7. The maximum Gasteiger partial charge on any atom is 0.0507 e. The summed E-state index contributed by atoms with van der Waals surface area (Å²) in [5, 5.41) is 3.52. The Hall–Kier alpha value is -2.06. The van der Waals surface area contributed by atoms with Gasteiger partial charge in [0.25, 0.3) is 0 Å². The van der Waals surface area contributed by atoms with Gasteiger partial charge in [-0.05, 0) is 69.7 Å². The van der Waals surface area contributed by atoms with Crippen LogP contribution in [0.5, 0.6) is 0 Å². The Morgan fingerprint density at radius 3 is 2.28 bits per heavy atom. The van der Waals surface area contributed by atoms with E-state index in [1.165, 1.54) is 42.8 Å². The normalized spacial score (nSPS) is 16.5. The molecule has 0 amide bonds. The Morgan fingerprint density at radius 1 is 1.16 bits per heavy atom. The summed E-state index contributed by atoms with van der Waals surface area (Å²) in [5.74, 6) is 0.932. The minimum absolute atomic E-state index is 0.358. The van der Waals surface area contributed by atoms with Crippen molar-refractivity contribution in [3.8, 4) is 0 Å². The molecule has 0 spiro atoms. The number of hydrogen-bond donors (Lipinski definition) is 1. The number of nitrogens with one attached hydrogen (secondary N) is 1. The quantitative estimate of drug-likeness (QED) is 0.390. The summed E-state index contributed by atoms with van der Waals surface area (Å²) < 4.78 is 0. The van der Waals surface area contributed by atoms with E-state index in [2.05, 4.69) is 93.1 Å². The van der Waals surface area contributed by atoms with Gasteiger partial charge in [-0.2, -0.15) is 0 Å². The molecule has 32 heavy (non-hydrogen) atoms. The Kier molecular flexibility index (Phi) is 18.3. The van der Waals surface area contributed by atoms with Gasteiger partial charge < -0.3 is 5.32 Å². The van der Waals surface area contributed by atoms with Crippen LogP contribution in [0.2, 0.25) is 0 Å². The maximum atomic E-state index is 3.87. The molecule has 0 bridgehead atoms. The Bertz CT molecular complexity index is 661. The van der Waals surface area contributed by atoms with Crippen LogP contribution in [-0.4, -0.2) is 24.0 Å². The van der Waals surface area contributed by atoms with Gasteiger partial charge in [0.1, 0.15) is 0 Å². The van der Waals surface area contributed by atoms with E-state index in [4.69, 9.17) is 0 Å². The molecule has 1 aromatic carbocycles.